The lowest BCUT2D eigenvalue weighted by Crippen LogP contribution is -2.68. The van der Waals surface area contributed by atoms with Crippen molar-refractivity contribution in [1.82, 2.24) is 0 Å². The summed E-state index contributed by atoms with van der Waals surface area (Å²) in [5.41, 5.74) is 17.5. The van der Waals surface area contributed by atoms with Gasteiger partial charge in [-0.25, -0.2) is 18.6 Å². The number of hydrogen-bond acceptors (Lipinski definition) is 7. The number of nitrogens with zero attached hydrogens (tertiary/aromatic N) is 4. The van der Waals surface area contributed by atoms with Gasteiger partial charge in [-0.2, -0.15) is 4.58 Å². The monoisotopic (exact) mass is 714 g/mol. The summed E-state index contributed by atoms with van der Waals surface area (Å²) in [5, 5.41) is 0. The Bertz CT molecular complexity index is 2230. The van der Waals surface area contributed by atoms with E-state index in [9.17, 15) is 0 Å². The minimum atomic E-state index is -4.94. The molecular formula is C43H43ClN4O4. The molecule has 4 heterocycles. The van der Waals surface area contributed by atoms with Gasteiger partial charge in [-0.05, 0) is 73.7 Å². The second kappa shape index (κ2) is 13.4. The first-order valence-corrected chi connectivity index (χ1v) is 18.8. The van der Waals surface area contributed by atoms with Crippen LogP contribution < -0.4 is 23.5 Å². The van der Waals surface area contributed by atoms with Crippen LogP contribution in [0, 0.1) is 10.2 Å². The Morgan fingerprint density at radius 2 is 1.23 bits per heavy atom. The first-order valence-electron chi connectivity index (χ1n) is 17.6. The lowest BCUT2D eigenvalue weighted by atomic mass is 9.79. The average molecular weight is 715 g/mol. The molecule has 8 nitrogen and oxygen atoms in total. The number of rotatable bonds is 4. The largest absolute Gasteiger partial charge is 0.347 e. The minimum Gasteiger partial charge on any atom is -0.347 e. The molecule has 0 N–H and O–H groups in total. The maximum atomic E-state index is 8.49. The van der Waals surface area contributed by atoms with Crippen LogP contribution in [-0.4, -0.2) is 48.9 Å². The molecule has 0 radical (unpaired) electrons. The van der Waals surface area contributed by atoms with Crippen molar-refractivity contribution in [3.63, 3.8) is 0 Å². The zero-order valence-corrected chi connectivity index (χ0v) is 31.2. The maximum Gasteiger partial charge on any atom is 0.209 e. The third-order valence-corrected chi connectivity index (χ3v) is 11.0. The number of halogens is 1. The van der Waals surface area contributed by atoms with Crippen LogP contribution in [0.15, 0.2) is 119 Å². The average Bonchev–Trinajstić information content (AvgIpc) is 3.43. The number of aliphatic imine (C=N–C) groups is 2. The van der Waals surface area contributed by atoms with Gasteiger partial charge in [0.1, 0.15) is 7.05 Å². The van der Waals surface area contributed by atoms with Crippen LogP contribution in [-0.2, 0) is 23.7 Å². The van der Waals surface area contributed by atoms with E-state index in [-0.39, 0.29) is 10.8 Å². The van der Waals surface area contributed by atoms with Crippen molar-refractivity contribution in [2.45, 2.75) is 51.4 Å². The summed E-state index contributed by atoms with van der Waals surface area (Å²) >= 11 is 0. The molecule has 0 aromatic heterocycles. The highest BCUT2D eigenvalue weighted by atomic mass is 35.7. The molecule has 0 saturated carbocycles. The molecule has 0 saturated heterocycles. The molecule has 0 fully saturated rings. The first kappa shape index (κ1) is 35.7. The number of fused-ring (bicyclic) bond motifs is 4. The number of likely N-dealkylation sites (N-methyl/N-ethyl adjacent to an activating group) is 1. The van der Waals surface area contributed by atoms with Crippen LogP contribution in [0.5, 0.6) is 0 Å². The molecule has 4 aliphatic heterocycles. The van der Waals surface area contributed by atoms with E-state index in [4.69, 9.17) is 28.6 Å². The summed E-state index contributed by atoms with van der Waals surface area (Å²) in [6.45, 7) is 11.1. The predicted molar refractivity (Wildman–Crippen MR) is 197 cm³/mol. The standard InChI is InChI=1S/C43H43N4.ClHO4/c1-42(2)34-26-30(40-32-14-9-7-12-28(32)22-24-44-40)18-20-36(34)46(5)38(42)16-11-17-39-43(3,4)35-27-31(19-21-37(35)47(39)6)41-33-15-10-8-13-29(33)23-25-45-41;2-1(3,4)5/h7-21,26-27H,22-25H2,1-6H3;(H,2,3,4,5)/q+1;/p-1. The van der Waals surface area contributed by atoms with E-state index in [0.717, 1.165) is 37.4 Å². The Morgan fingerprint density at radius 3 is 1.81 bits per heavy atom. The zero-order chi connectivity index (χ0) is 37.0. The smallest absolute Gasteiger partial charge is 0.209 e. The predicted octanol–water partition coefficient (Wildman–Crippen LogP) is 3.59. The van der Waals surface area contributed by atoms with Crippen LogP contribution in [0.1, 0.15) is 72.2 Å². The Hall–Kier alpha value is -4.70. The van der Waals surface area contributed by atoms with Gasteiger partial charge in [0.25, 0.3) is 0 Å². The molecule has 0 spiro atoms. The fourth-order valence-corrected chi connectivity index (χ4v) is 8.38. The molecule has 52 heavy (non-hydrogen) atoms. The highest BCUT2D eigenvalue weighted by Crippen LogP contribution is 2.48. The molecule has 0 aliphatic carbocycles. The van der Waals surface area contributed by atoms with E-state index in [0.29, 0.717) is 0 Å². The number of hydrogen-bond donors (Lipinski definition) is 0. The lowest BCUT2D eigenvalue weighted by Gasteiger charge is -2.24. The molecule has 4 aromatic carbocycles. The summed E-state index contributed by atoms with van der Waals surface area (Å²) in [5.74, 6) is 0. The molecule has 0 bridgehead atoms. The van der Waals surface area contributed by atoms with E-state index in [1.54, 1.807) is 0 Å². The van der Waals surface area contributed by atoms with Crippen molar-refractivity contribution in [2.75, 3.05) is 32.1 Å². The third kappa shape index (κ3) is 6.46. The van der Waals surface area contributed by atoms with E-state index in [1.165, 1.54) is 67.3 Å². The van der Waals surface area contributed by atoms with Crippen molar-refractivity contribution < 1.29 is 33.5 Å². The Morgan fingerprint density at radius 1 is 0.712 bits per heavy atom. The van der Waals surface area contributed by atoms with Gasteiger partial charge in [-0.1, -0.05) is 74.5 Å². The molecule has 266 valence electrons. The van der Waals surface area contributed by atoms with Crippen LogP contribution in [0.2, 0.25) is 0 Å². The Kier molecular flexibility index (Phi) is 9.18. The van der Waals surface area contributed by atoms with Gasteiger partial charge in [0.15, 0.2) is 5.71 Å². The van der Waals surface area contributed by atoms with Gasteiger partial charge in [0, 0.05) is 76.9 Å². The summed E-state index contributed by atoms with van der Waals surface area (Å²) in [6.07, 6.45) is 8.90. The highest BCUT2D eigenvalue weighted by molar-refractivity contribution is 6.15. The molecule has 4 aliphatic rings. The second-order valence-corrected chi connectivity index (χ2v) is 15.5. The first-order chi connectivity index (χ1) is 24.7. The molecule has 0 atom stereocenters. The van der Waals surface area contributed by atoms with E-state index in [2.05, 4.69) is 154 Å². The van der Waals surface area contributed by atoms with Gasteiger partial charge in [0.2, 0.25) is 5.69 Å². The van der Waals surface area contributed by atoms with Crippen molar-refractivity contribution in [3.05, 3.63) is 153 Å². The van der Waals surface area contributed by atoms with Crippen LogP contribution in [0.4, 0.5) is 11.4 Å². The van der Waals surface area contributed by atoms with Crippen LogP contribution in [0.3, 0.4) is 0 Å². The van der Waals surface area contributed by atoms with Gasteiger partial charge in [-0.3, -0.25) is 9.98 Å². The Balaban J connectivity index is 0.000000789. The topological polar surface area (TPSA) is 123 Å². The molecule has 4 aromatic rings. The van der Waals surface area contributed by atoms with Gasteiger partial charge in [-0.15, -0.1) is 10.2 Å². The fourth-order valence-electron chi connectivity index (χ4n) is 8.38. The fraction of sp³-hybridized carbons (Fsp3) is 0.279. The summed E-state index contributed by atoms with van der Waals surface area (Å²) in [4.78, 5) is 12.3. The van der Waals surface area contributed by atoms with Crippen LogP contribution in [0.25, 0.3) is 0 Å². The minimum absolute atomic E-state index is 0.143. The van der Waals surface area contributed by atoms with Crippen molar-refractivity contribution in [2.24, 2.45) is 9.98 Å². The summed E-state index contributed by atoms with van der Waals surface area (Å²) < 4.78 is 36.3. The van der Waals surface area contributed by atoms with E-state index >= 15 is 0 Å². The van der Waals surface area contributed by atoms with Gasteiger partial charge >= 0.3 is 0 Å². The van der Waals surface area contributed by atoms with Crippen molar-refractivity contribution in [3.8, 4) is 0 Å². The normalized spacial score (nSPS) is 19.0. The molecule has 8 rings (SSSR count). The number of benzene rings is 4. The quantitative estimate of drug-likeness (QED) is 0.299. The zero-order valence-electron chi connectivity index (χ0n) is 30.4. The lowest BCUT2D eigenvalue weighted by molar-refractivity contribution is -2.00. The van der Waals surface area contributed by atoms with Crippen molar-refractivity contribution in [1.29, 1.82) is 0 Å². The molecule has 9 heteroatoms. The molecule has 0 amide bonds. The van der Waals surface area contributed by atoms with E-state index < -0.39 is 10.2 Å². The van der Waals surface area contributed by atoms with Crippen LogP contribution >= 0.6 is 0 Å². The second-order valence-electron chi connectivity index (χ2n) is 14.8. The SMILES string of the molecule is CN1/C(=C\C=C\C2=[N+](C)c3ccc(C4=NCCc5ccccc54)cc3C2(C)C)C(C)(C)c2cc(C3=NCCc4ccccc43)ccc21.[O-][Cl+3]([O-])([O-])[O-]. The highest BCUT2D eigenvalue weighted by Gasteiger charge is 2.43. The van der Waals surface area contributed by atoms with Gasteiger partial charge in [0.05, 0.1) is 16.8 Å². The molecule has 0 unspecified atom stereocenters. The summed E-state index contributed by atoms with van der Waals surface area (Å²) in [6, 6.07) is 31.3. The number of allylic oxidation sites excluding steroid dienone is 4. The van der Waals surface area contributed by atoms with Gasteiger partial charge < -0.3 is 4.90 Å². The summed E-state index contributed by atoms with van der Waals surface area (Å²) in [7, 11) is -0.550. The van der Waals surface area contributed by atoms with E-state index in [1.807, 2.05) is 0 Å². The maximum absolute atomic E-state index is 8.49. The Labute approximate surface area is 307 Å². The third-order valence-electron chi connectivity index (χ3n) is 11.0. The van der Waals surface area contributed by atoms with Crippen molar-refractivity contribution >= 4 is 28.5 Å². The molecular weight excluding hydrogens is 672 g/mol. The number of anilines is 1.